The van der Waals surface area contributed by atoms with Crippen molar-refractivity contribution in [3.05, 3.63) is 83.8 Å². The average molecular weight is 412 g/mol. The molecule has 2 aromatic heterocycles. The molecule has 0 unspecified atom stereocenters. The van der Waals surface area contributed by atoms with Crippen molar-refractivity contribution in [2.24, 2.45) is 0 Å². The van der Waals surface area contributed by atoms with E-state index in [9.17, 15) is 5.26 Å². The van der Waals surface area contributed by atoms with E-state index in [-0.39, 0.29) is 11.7 Å². The van der Waals surface area contributed by atoms with Gasteiger partial charge in [0.15, 0.2) is 0 Å². The summed E-state index contributed by atoms with van der Waals surface area (Å²) in [4.78, 5) is 6.85. The van der Waals surface area contributed by atoms with Gasteiger partial charge in [-0.15, -0.1) is 0 Å². The molecule has 0 amide bonds. The number of rotatable bonds is 7. The van der Waals surface area contributed by atoms with E-state index >= 15 is 0 Å². The Morgan fingerprint density at radius 1 is 1.06 bits per heavy atom. The standard InChI is InChI=1S/C25H24N4O2/c26-16-21-25(27-17-22(23-11-6-14-30-23)29-12-3-4-13-29)31-24(28-21)15-19-9-5-8-18-7-1-2-10-20(18)19/h1-2,5-11,14,22,27H,3-4,12-13,15,17H2/t22-/m1/s1. The zero-order valence-electron chi connectivity index (χ0n) is 17.3. The van der Waals surface area contributed by atoms with Crippen molar-refractivity contribution < 1.29 is 8.83 Å². The highest BCUT2D eigenvalue weighted by Gasteiger charge is 2.26. The van der Waals surface area contributed by atoms with Gasteiger partial charge in [0.2, 0.25) is 17.5 Å². The zero-order valence-corrected chi connectivity index (χ0v) is 17.3. The molecule has 3 heterocycles. The van der Waals surface area contributed by atoms with Crippen molar-refractivity contribution in [2.45, 2.75) is 25.3 Å². The van der Waals surface area contributed by atoms with Crippen molar-refractivity contribution in [1.82, 2.24) is 9.88 Å². The van der Waals surface area contributed by atoms with E-state index in [1.54, 1.807) is 6.26 Å². The highest BCUT2D eigenvalue weighted by molar-refractivity contribution is 5.85. The predicted molar refractivity (Wildman–Crippen MR) is 119 cm³/mol. The molecule has 2 aromatic carbocycles. The number of likely N-dealkylation sites (tertiary alicyclic amines) is 1. The van der Waals surface area contributed by atoms with Gasteiger partial charge < -0.3 is 14.2 Å². The summed E-state index contributed by atoms with van der Waals surface area (Å²) in [5, 5.41) is 15.3. The Balaban J connectivity index is 1.36. The van der Waals surface area contributed by atoms with Crippen LogP contribution in [0, 0.1) is 11.3 Å². The van der Waals surface area contributed by atoms with Gasteiger partial charge in [-0.25, -0.2) is 4.98 Å². The van der Waals surface area contributed by atoms with E-state index in [2.05, 4.69) is 45.5 Å². The maximum Gasteiger partial charge on any atom is 0.232 e. The van der Waals surface area contributed by atoms with Crippen molar-refractivity contribution in [3.63, 3.8) is 0 Å². The van der Waals surface area contributed by atoms with Gasteiger partial charge in [-0.3, -0.25) is 4.90 Å². The first-order valence-electron chi connectivity index (χ1n) is 10.7. The van der Waals surface area contributed by atoms with Crippen LogP contribution in [0.1, 0.15) is 41.8 Å². The number of hydrogen-bond donors (Lipinski definition) is 1. The van der Waals surface area contributed by atoms with Crippen LogP contribution in [0.15, 0.2) is 69.7 Å². The number of nitriles is 1. The Morgan fingerprint density at radius 2 is 1.90 bits per heavy atom. The molecule has 0 aliphatic carbocycles. The maximum absolute atomic E-state index is 9.59. The van der Waals surface area contributed by atoms with E-state index in [4.69, 9.17) is 8.83 Å². The first-order chi connectivity index (χ1) is 15.3. The third-order valence-electron chi connectivity index (χ3n) is 5.91. The van der Waals surface area contributed by atoms with Crippen LogP contribution in [0.3, 0.4) is 0 Å². The third-order valence-corrected chi connectivity index (χ3v) is 5.91. The van der Waals surface area contributed by atoms with E-state index < -0.39 is 0 Å². The summed E-state index contributed by atoms with van der Waals surface area (Å²) >= 11 is 0. The molecular weight excluding hydrogens is 388 g/mol. The summed E-state index contributed by atoms with van der Waals surface area (Å²) in [7, 11) is 0. The van der Waals surface area contributed by atoms with Crippen molar-refractivity contribution in [1.29, 1.82) is 5.26 Å². The molecule has 1 aliphatic rings. The molecule has 1 N–H and O–H groups in total. The van der Waals surface area contributed by atoms with E-state index in [1.807, 2.05) is 30.3 Å². The molecule has 1 fully saturated rings. The number of nitrogens with zero attached hydrogens (tertiary/aromatic N) is 3. The van der Waals surface area contributed by atoms with Crippen molar-refractivity contribution in [3.8, 4) is 6.07 Å². The number of hydrogen-bond acceptors (Lipinski definition) is 6. The van der Waals surface area contributed by atoms with Crippen LogP contribution >= 0.6 is 0 Å². The minimum atomic E-state index is 0.0932. The molecular formula is C25H24N4O2. The van der Waals surface area contributed by atoms with E-state index in [1.165, 1.54) is 23.6 Å². The second-order valence-corrected chi connectivity index (χ2v) is 7.87. The molecule has 0 radical (unpaired) electrons. The van der Waals surface area contributed by atoms with Gasteiger partial charge in [-0.05, 0) is 54.4 Å². The minimum Gasteiger partial charge on any atom is -0.468 e. The lowest BCUT2D eigenvalue weighted by molar-refractivity contribution is 0.224. The normalized spacial score (nSPS) is 15.2. The van der Waals surface area contributed by atoms with Gasteiger partial charge in [0.05, 0.1) is 18.7 Å². The van der Waals surface area contributed by atoms with Crippen LogP contribution in [0.2, 0.25) is 0 Å². The average Bonchev–Trinajstić information content (AvgIpc) is 3.57. The Labute approximate surface area is 181 Å². The number of fused-ring (bicyclic) bond motifs is 1. The molecule has 0 spiro atoms. The van der Waals surface area contributed by atoms with Gasteiger partial charge in [0, 0.05) is 6.54 Å². The fourth-order valence-corrected chi connectivity index (χ4v) is 4.38. The molecule has 31 heavy (non-hydrogen) atoms. The number of oxazole rings is 1. The summed E-state index contributed by atoms with van der Waals surface area (Å²) in [5.41, 5.74) is 1.41. The quantitative estimate of drug-likeness (QED) is 0.453. The highest BCUT2D eigenvalue weighted by atomic mass is 16.4. The van der Waals surface area contributed by atoms with Crippen LogP contribution in [-0.2, 0) is 6.42 Å². The third kappa shape index (κ3) is 4.05. The van der Waals surface area contributed by atoms with Gasteiger partial charge in [-0.2, -0.15) is 5.26 Å². The summed E-state index contributed by atoms with van der Waals surface area (Å²) in [5.74, 6) is 1.88. The molecule has 1 aliphatic heterocycles. The Hall–Kier alpha value is -3.56. The molecule has 5 rings (SSSR count). The fraction of sp³-hybridized carbons (Fsp3) is 0.280. The molecule has 156 valence electrons. The topological polar surface area (TPSA) is 78.2 Å². The second-order valence-electron chi connectivity index (χ2n) is 7.87. The lowest BCUT2D eigenvalue weighted by atomic mass is 10.0. The number of anilines is 1. The molecule has 6 heteroatoms. The molecule has 0 bridgehead atoms. The van der Waals surface area contributed by atoms with Crippen LogP contribution < -0.4 is 5.32 Å². The Morgan fingerprint density at radius 3 is 2.71 bits per heavy atom. The van der Waals surface area contributed by atoms with Crippen LogP contribution in [0.25, 0.3) is 10.8 Å². The van der Waals surface area contributed by atoms with Crippen LogP contribution in [-0.4, -0.2) is 29.5 Å². The summed E-state index contributed by atoms with van der Waals surface area (Å²) in [6.07, 6.45) is 4.62. The van der Waals surface area contributed by atoms with E-state index in [0.29, 0.717) is 24.7 Å². The maximum atomic E-state index is 9.59. The minimum absolute atomic E-state index is 0.0932. The van der Waals surface area contributed by atoms with Crippen LogP contribution in [0.5, 0.6) is 0 Å². The Bertz CT molecular complexity index is 1190. The fourth-order valence-electron chi connectivity index (χ4n) is 4.38. The van der Waals surface area contributed by atoms with Gasteiger partial charge >= 0.3 is 0 Å². The first kappa shape index (κ1) is 19.4. The van der Waals surface area contributed by atoms with Crippen LogP contribution in [0.4, 0.5) is 5.88 Å². The smallest absolute Gasteiger partial charge is 0.232 e. The number of furan rings is 1. The lowest BCUT2D eigenvalue weighted by Crippen LogP contribution is -2.30. The first-order valence-corrected chi connectivity index (χ1v) is 10.7. The lowest BCUT2D eigenvalue weighted by Gasteiger charge is -2.25. The number of benzene rings is 2. The molecule has 6 nitrogen and oxygen atoms in total. The molecule has 0 saturated carbocycles. The summed E-state index contributed by atoms with van der Waals surface area (Å²) < 4.78 is 11.7. The zero-order chi connectivity index (χ0) is 21.0. The second kappa shape index (κ2) is 8.66. The summed E-state index contributed by atoms with van der Waals surface area (Å²) in [6, 6.07) is 20.6. The van der Waals surface area contributed by atoms with E-state index in [0.717, 1.165) is 24.4 Å². The monoisotopic (exact) mass is 412 g/mol. The number of nitrogens with one attached hydrogen (secondary N) is 1. The predicted octanol–water partition coefficient (Wildman–Crippen LogP) is 5.13. The molecule has 1 atom stereocenters. The van der Waals surface area contributed by atoms with Crippen molar-refractivity contribution in [2.75, 3.05) is 25.0 Å². The van der Waals surface area contributed by atoms with Gasteiger partial charge in [0.25, 0.3) is 0 Å². The SMILES string of the molecule is N#Cc1nc(Cc2cccc3ccccc23)oc1NC[C@H](c1ccco1)N1CCCC1. The molecule has 4 aromatic rings. The highest BCUT2D eigenvalue weighted by Crippen LogP contribution is 2.28. The van der Waals surface area contributed by atoms with Gasteiger partial charge in [0.1, 0.15) is 11.8 Å². The van der Waals surface area contributed by atoms with Gasteiger partial charge in [-0.1, -0.05) is 42.5 Å². The Kier molecular flexibility index (Phi) is 5.42. The largest absolute Gasteiger partial charge is 0.468 e. The molecule has 1 saturated heterocycles. The van der Waals surface area contributed by atoms with Crippen molar-refractivity contribution >= 4 is 16.7 Å². The summed E-state index contributed by atoms with van der Waals surface area (Å²) in [6.45, 7) is 2.67. The number of aromatic nitrogens is 1.